The molecule has 0 aliphatic carbocycles. The summed E-state index contributed by atoms with van der Waals surface area (Å²) in [6.45, 7) is 2.01. The van der Waals surface area contributed by atoms with Crippen molar-refractivity contribution >= 4 is 0 Å². The molecule has 0 saturated carbocycles. The summed E-state index contributed by atoms with van der Waals surface area (Å²) in [6, 6.07) is 15.4. The highest BCUT2D eigenvalue weighted by Crippen LogP contribution is 2.31. The topological polar surface area (TPSA) is 112 Å². The second-order valence-corrected chi connectivity index (χ2v) is 6.64. The quantitative estimate of drug-likeness (QED) is 0.462. The van der Waals surface area contributed by atoms with E-state index in [9.17, 15) is 8.78 Å². The van der Waals surface area contributed by atoms with Gasteiger partial charge in [-0.25, -0.2) is 13.9 Å². The molecule has 10 heteroatoms. The summed E-state index contributed by atoms with van der Waals surface area (Å²) in [6.07, 6.45) is -0.742. The number of H-pyrrole nitrogens is 1. The molecule has 4 aromatic rings. The average molecular weight is 424 g/mol. The number of aromatic amines is 1. The van der Waals surface area contributed by atoms with Gasteiger partial charge >= 0.3 is 0 Å². The fourth-order valence-electron chi connectivity index (χ4n) is 2.88. The van der Waals surface area contributed by atoms with Gasteiger partial charge in [0, 0.05) is 12.6 Å². The van der Waals surface area contributed by atoms with Crippen molar-refractivity contribution in [1.82, 2.24) is 25.6 Å². The van der Waals surface area contributed by atoms with Crippen LogP contribution in [0.5, 0.6) is 17.5 Å². The third kappa shape index (κ3) is 4.64. The van der Waals surface area contributed by atoms with Crippen LogP contribution in [0.2, 0.25) is 0 Å². The lowest BCUT2D eigenvalue weighted by atomic mass is 10.0. The molecule has 0 aliphatic rings. The van der Waals surface area contributed by atoms with E-state index in [1.54, 1.807) is 25.1 Å². The second kappa shape index (κ2) is 8.84. The molecule has 0 radical (unpaired) electrons. The van der Waals surface area contributed by atoms with E-state index >= 15 is 0 Å². The first kappa shape index (κ1) is 20.4. The van der Waals surface area contributed by atoms with Gasteiger partial charge in [0.1, 0.15) is 5.75 Å². The number of nitrogens with one attached hydrogen (secondary N) is 1. The molecule has 1 unspecified atom stereocenters. The zero-order valence-electron chi connectivity index (χ0n) is 16.4. The minimum atomic E-state index is -0.975. The van der Waals surface area contributed by atoms with Crippen LogP contribution in [0.15, 0.2) is 54.6 Å². The molecule has 0 aliphatic heterocycles. The van der Waals surface area contributed by atoms with Crippen molar-refractivity contribution < 1.29 is 18.3 Å². The van der Waals surface area contributed by atoms with Crippen LogP contribution in [0.3, 0.4) is 0 Å². The van der Waals surface area contributed by atoms with Crippen molar-refractivity contribution in [3.63, 3.8) is 0 Å². The number of hydrogen-bond acceptors (Lipinski definition) is 7. The first-order valence-electron chi connectivity index (χ1n) is 9.37. The Kier molecular flexibility index (Phi) is 5.80. The maximum absolute atomic E-state index is 14.3. The number of halogens is 2. The number of pyridine rings is 1. The van der Waals surface area contributed by atoms with E-state index in [4.69, 9.17) is 15.2 Å². The van der Waals surface area contributed by atoms with Crippen LogP contribution in [0.4, 0.5) is 8.78 Å². The zero-order valence-corrected chi connectivity index (χ0v) is 16.4. The fourth-order valence-corrected chi connectivity index (χ4v) is 2.88. The average Bonchev–Trinajstić information content (AvgIpc) is 3.32. The van der Waals surface area contributed by atoms with Gasteiger partial charge in [0.2, 0.25) is 0 Å². The molecule has 31 heavy (non-hydrogen) atoms. The van der Waals surface area contributed by atoms with Crippen LogP contribution in [-0.2, 0) is 6.54 Å². The van der Waals surface area contributed by atoms with Gasteiger partial charge in [0.05, 0.1) is 0 Å². The first-order valence-corrected chi connectivity index (χ1v) is 9.37. The summed E-state index contributed by atoms with van der Waals surface area (Å²) < 4.78 is 39.5. The SMILES string of the molecule is CC(Oc1nc(Oc2cccc(-c3cccc(CN)c3)c2)c(F)cc1F)c1nnn[nH]1. The lowest BCUT2D eigenvalue weighted by Crippen LogP contribution is -2.09. The van der Waals surface area contributed by atoms with E-state index in [2.05, 4.69) is 25.6 Å². The van der Waals surface area contributed by atoms with Crippen molar-refractivity contribution in [2.24, 2.45) is 5.73 Å². The Morgan fingerprint density at radius 1 is 1.00 bits per heavy atom. The molecule has 2 aromatic heterocycles. The van der Waals surface area contributed by atoms with Crippen molar-refractivity contribution in [3.8, 4) is 28.6 Å². The van der Waals surface area contributed by atoms with E-state index in [-0.39, 0.29) is 5.82 Å². The predicted octanol–water partition coefficient (Wildman–Crippen LogP) is 3.93. The summed E-state index contributed by atoms with van der Waals surface area (Å²) in [5, 5.41) is 13.1. The molecule has 0 saturated heterocycles. The van der Waals surface area contributed by atoms with Crippen LogP contribution in [-0.4, -0.2) is 25.6 Å². The van der Waals surface area contributed by atoms with Gasteiger partial charge in [-0.1, -0.05) is 30.3 Å². The molecule has 0 fully saturated rings. The van der Waals surface area contributed by atoms with Crippen molar-refractivity contribution in [2.75, 3.05) is 0 Å². The molecule has 158 valence electrons. The van der Waals surface area contributed by atoms with Crippen molar-refractivity contribution in [2.45, 2.75) is 19.6 Å². The first-order chi connectivity index (χ1) is 15.0. The molecule has 1 atom stereocenters. The number of rotatable bonds is 7. The largest absolute Gasteiger partial charge is 0.464 e. The Morgan fingerprint density at radius 3 is 2.48 bits per heavy atom. The summed E-state index contributed by atoms with van der Waals surface area (Å²) in [5.41, 5.74) is 8.46. The molecule has 3 N–H and O–H groups in total. The van der Waals surface area contributed by atoms with E-state index in [1.165, 1.54) is 0 Å². The maximum atomic E-state index is 14.3. The van der Waals surface area contributed by atoms with Gasteiger partial charge < -0.3 is 15.2 Å². The van der Waals surface area contributed by atoms with Crippen LogP contribution in [0.25, 0.3) is 11.1 Å². The van der Waals surface area contributed by atoms with Gasteiger partial charge in [-0.05, 0) is 52.2 Å². The number of nitrogens with two attached hydrogens (primary N) is 1. The van der Waals surface area contributed by atoms with Crippen LogP contribution in [0, 0.1) is 11.6 Å². The molecule has 0 bridgehead atoms. The Labute approximate surface area is 176 Å². The number of benzene rings is 2. The maximum Gasteiger partial charge on any atom is 0.259 e. The standard InChI is InChI=1S/C21H18F2N6O2/c1-12(19-26-28-29-27-19)30-20-17(22)10-18(23)21(25-20)31-16-7-3-6-15(9-16)14-5-2-4-13(8-14)11-24/h2-10,12H,11,24H2,1H3,(H,26,27,28,29). The number of ether oxygens (including phenoxy) is 2. The lowest BCUT2D eigenvalue weighted by molar-refractivity contribution is 0.193. The number of hydrogen-bond donors (Lipinski definition) is 2. The highest BCUT2D eigenvalue weighted by Gasteiger charge is 2.19. The smallest absolute Gasteiger partial charge is 0.259 e. The Bertz CT molecular complexity index is 1190. The monoisotopic (exact) mass is 424 g/mol. The van der Waals surface area contributed by atoms with Crippen LogP contribution < -0.4 is 15.2 Å². The van der Waals surface area contributed by atoms with Gasteiger partial charge in [0.25, 0.3) is 11.8 Å². The van der Waals surface area contributed by atoms with Gasteiger partial charge in [0.15, 0.2) is 23.6 Å². The van der Waals surface area contributed by atoms with E-state index in [0.717, 1.165) is 16.7 Å². The second-order valence-electron chi connectivity index (χ2n) is 6.64. The third-order valence-corrected chi connectivity index (χ3v) is 4.44. The molecule has 2 heterocycles. The minimum absolute atomic E-state index is 0.264. The molecular weight excluding hydrogens is 406 g/mol. The Balaban J connectivity index is 1.59. The molecule has 2 aromatic carbocycles. The summed E-state index contributed by atoms with van der Waals surface area (Å²) in [4.78, 5) is 3.85. The Morgan fingerprint density at radius 2 is 1.74 bits per heavy atom. The normalized spacial score (nSPS) is 11.9. The van der Waals surface area contributed by atoms with Gasteiger partial charge in [-0.2, -0.15) is 4.98 Å². The zero-order chi connectivity index (χ0) is 21.8. The summed E-state index contributed by atoms with van der Waals surface area (Å²) in [5.74, 6) is -2.21. The number of tetrazole rings is 1. The van der Waals surface area contributed by atoms with Crippen molar-refractivity contribution in [1.29, 1.82) is 0 Å². The van der Waals surface area contributed by atoms with Gasteiger partial charge in [-0.15, -0.1) is 5.10 Å². The molecule has 0 spiro atoms. The van der Waals surface area contributed by atoms with Crippen LogP contribution >= 0.6 is 0 Å². The summed E-state index contributed by atoms with van der Waals surface area (Å²) in [7, 11) is 0. The van der Waals surface area contributed by atoms with Crippen molar-refractivity contribution in [3.05, 3.63) is 77.6 Å². The molecule has 8 nitrogen and oxygen atoms in total. The van der Waals surface area contributed by atoms with E-state index in [0.29, 0.717) is 18.4 Å². The van der Waals surface area contributed by atoms with Gasteiger partial charge in [-0.3, -0.25) is 0 Å². The fraction of sp³-hybridized carbons (Fsp3) is 0.143. The molecule has 0 amide bonds. The van der Waals surface area contributed by atoms with E-state index < -0.39 is 29.5 Å². The number of aromatic nitrogens is 5. The predicted molar refractivity (Wildman–Crippen MR) is 107 cm³/mol. The molecular formula is C21H18F2N6O2. The molecule has 4 rings (SSSR count). The van der Waals surface area contributed by atoms with Crippen LogP contribution in [0.1, 0.15) is 24.4 Å². The van der Waals surface area contributed by atoms with E-state index in [1.807, 2.05) is 30.3 Å². The number of nitrogens with zero attached hydrogens (tertiary/aromatic N) is 4. The lowest BCUT2D eigenvalue weighted by Gasteiger charge is -2.13. The minimum Gasteiger partial charge on any atom is -0.464 e. The highest BCUT2D eigenvalue weighted by molar-refractivity contribution is 5.66. The summed E-state index contributed by atoms with van der Waals surface area (Å²) >= 11 is 0. The Hall–Kier alpha value is -3.92. The highest BCUT2D eigenvalue weighted by atomic mass is 19.1. The third-order valence-electron chi connectivity index (χ3n) is 4.44.